The van der Waals surface area contributed by atoms with E-state index in [1.165, 1.54) is 36.3 Å². The van der Waals surface area contributed by atoms with Gasteiger partial charge in [-0.15, -0.1) is 11.3 Å². The molecule has 0 aliphatic heterocycles. The Labute approximate surface area is 178 Å². The molecule has 1 amide bonds. The molecule has 1 heterocycles. The average molecular weight is 427 g/mol. The summed E-state index contributed by atoms with van der Waals surface area (Å²) in [5.41, 5.74) is 2.71. The molecule has 29 heavy (non-hydrogen) atoms. The van der Waals surface area contributed by atoms with Crippen LogP contribution in [0.25, 0.3) is 6.08 Å². The number of allylic oxidation sites excluding steroid dienone is 1. The number of methoxy groups -OCH3 is 1. The van der Waals surface area contributed by atoms with E-state index in [0.29, 0.717) is 32.8 Å². The predicted octanol–water partition coefficient (Wildman–Crippen LogP) is 5.69. The van der Waals surface area contributed by atoms with Crippen LogP contribution in [0.2, 0.25) is 5.02 Å². The third-order valence-corrected chi connectivity index (χ3v) is 5.19. The Kier molecular flexibility index (Phi) is 6.46. The molecule has 3 rings (SSSR count). The van der Waals surface area contributed by atoms with Crippen molar-refractivity contribution in [2.45, 2.75) is 13.8 Å². The first kappa shape index (κ1) is 20.8. The third kappa shape index (κ3) is 4.91. The molecule has 0 fully saturated rings. The van der Waals surface area contributed by atoms with E-state index in [0.717, 1.165) is 5.56 Å². The van der Waals surface area contributed by atoms with Crippen molar-refractivity contribution >= 4 is 51.5 Å². The largest absolute Gasteiger partial charge is 0.496 e. The molecular formula is C22H19ClN2O3S. The van der Waals surface area contributed by atoms with Crippen LogP contribution in [-0.2, 0) is 4.79 Å². The highest BCUT2D eigenvalue weighted by Crippen LogP contribution is 2.31. The van der Waals surface area contributed by atoms with E-state index in [4.69, 9.17) is 16.3 Å². The number of carbonyl (C=O) groups is 2. The summed E-state index contributed by atoms with van der Waals surface area (Å²) in [6.07, 6.45) is 3.07. The minimum Gasteiger partial charge on any atom is -0.496 e. The molecule has 5 nitrogen and oxygen atoms in total. The molecule has 0 aliphatic carbocycles. The van der Waals surface area contributed by atoms with Crippen molar-refractivity contribution in [3.8, 4) is 5.75 Å². The molecule has 7 heteroatoms. The van der Waals surface area contributed by atoms with Crippen molar-refractivity contribution in [1.82, 2.24) is 4.98 Å². The Morgan fingerprint density at radius 1 is 1.21 bits per heavy atom. The molecule has 0 saturated heterocycles. The number of thiazole rings is 1. The first-order valence-electron chi connectivity index (χ1n) is 8.78. The van der Waals surface area contributed by atoms with Crippen LogP contribution in [0.3, 0.4) is 0 Å². The highest BCUT2D eigenvalue weighted by Gasteiger charge is 2.18. The lowest BCUT2D eigenvalue weighted by atomic mass is 10.1. The number of nitrogens with zero attached hydrogens (tertiary/aromatic N) is 2. The Morgan fingerprint density at radius 2 is 2.00 bits per heavy atom. The number of benzene rings is 2. The van der Waals surface area contributed by atoms with Crippen LogP contribution in [0.4, 0.5) is 10.8 Å². The molecule has 0 N–H and O–H groups in total. The third-order valence-electron chi connectivity index (χ3n) is 4.11. The average Bonchev–Trinajstić information content (AvgIpc) is 3.14. The standard InChI is InChI=1S/C22H19ClN2O3S/c1-14-7-9-19(21(11-14)28-3)20(27)10-8-17-13-29-22(24-17)25(15(2)26)18-6-4-5-16(23)12-18/h4-13H,1-3H3/b10-8+. The van der Waals surface area contributed by atoms with Gasteiger partial charge in [0.25, 0.3) is 0 Å². The summed E-state index contributed by atoms with van der Waals surface area (Å²) in [5.74, 6) is 0.162. The van der Waals surface area contributed by atoms with Crippen LogP contribution in [0.1, 0.15) is 28.5 Å². The minimum atomic E-state index is -0.185. The van der Waals surface area contributed by atoms with Gasteiger partial charge in [-0.2, -0.15) is 0 Å². The number of anilines is 2. The molecule has 0 radical (unpaired) electrons. The van der Waals surface area contributed by atoms with Gasteiger partial charge in [0, 0.05) is 17.3 Å². The Bertz CT molecular complexity index is 1090. The molecule has 3 aromatic rings. The first-order valence-corrected chi connectivity index (χ1v) is 10.0. The van der Waals surface area contributed by atoms with E-state index in [-0.39, 0.29) is 11.7 Å². The van der Waals surface area contributed by atoms with Gasteiger partial charge in [-0.05, 0) is 55.0 Å². The van der Waals surface area contributed by atoms with Gasteiger partial charge in [0.15, 0.2) is 10.9 Å². The van der Waals surface area contributed by atoms with Crippen molar-refractivity contribution in [1.29, 1.82) is 0 Å². The Morgan fingerprint density at radius 3 is 2.69 bits per heavy atom. The number of carbonyl (C=O) groups excluding carboxylic acids is 2. The van der Waals surface area contributed by atoms with Crippen LogP contribution in [0.15, 0.2) is 53.9 Å². The molecule has 0 aliphatic rings. The van der Waals surface area contributed by atoms with Crippen molar-refractivity contribution in [3.05, 3.63) is 75.8 Å². The maximum absolute atomic E-state index is 12.5. The van der Waals surface area contributed by atoms with Gasteiger partial charge in [0.1, 0.15) is 5.75 Å². The van der Waals surface area contributed by atoms with Crippen LogP contribution >= 0.6 is 22.9 Å². The van der Waals surface area contributed by atoms with Crippen LogP contribution in [0, 0.1) is 6.92 Å². The topological polar surface area (TPSA) is 59.5 Å². The summed E-state index contributed by atoms with van der Waals surface area (Å²) in [7, 11) is 1.54. The summed E-state index contributed by atoms with van der Waals surface area (Å²) in [6, 6.07) is 12.4. The maximum Gasteiger partial charge on any atom is 0.230 e. The van der Waals surface area contributed by atoms with Gasteiger partial charge in [-0.1, -0.05) is 23.7 Å². The highest BCUT2D eigenvalue weighted by molar-refractivity contribution is 7.14. The monoisotopic (exact) mass is 426 g/mol. The molecular weight excluding hydrogens is 408 g/mol. The summed E-state index contributed by atoms with van der Waals surface area (Å²) in [6.45, 7) is 3.40. The van der Waals surface area contributed by atoms with Gasteiger partial charge in [0.2, 0.25) is 5.91 Å². The lowest BCUT2D eigenvalue weighted by Crippen LogP contribution is -2.22. The minimum absolute atomic E-state index is 0.183. The maximum atomic E-state index is 12.5. The zero-order valence-electron chi connectivity index (χ0n) is 16.2. The zero-order chi connectivity index (χ0) is 21.0. The number of hydrogen-bond donors (Lipinski definition) is 0. The molecule has 0 spiro atoms. The summed E-state index contributed by atoms with van der Waals surface area (Å²) in [4.78, 5) is 30.7. The second-order valence-corrected chi connectivity index (χ2v) is 7.56. The molecule has 0 bridgehead atoms. The fraction of sp³-hybridized carbons (Fsp3) is 0.136. The number of halogens is 1. The van der Waals surface area contributed by atoms with E-state index < -0.39 is 0 Å². The smallest absolute Gasteiger partial charge is 0.230 e. The van der Waals surface area contributed by atoms with Gasteiger partial charge in [-0.25, -0.2) is 4.98 Å². The Hall–Kier alpha value is -2.96. The van der Waals surface area contributed by atoms with Crippen molar-refractivity contribution in [2.75, 3.05) is 12.0 Å². The number of amides is 1. The molecule has 148 valence electrons. The predicted molar refractivity (Wildman–Crippen MR) is 117 cm³/mol. The number of ketones is 1. The lowest BCUT2D eigenvalue weighted by molar-refractivity contribution is -0.115. The first-order chi connectivity index (χ1) is 13.9. The summed E-state index contributed by atoms with van der Waals surface area (Å²) < 4.78 is 5.30. The molecule has 0 saturated carbocycles. The lowest BCUT2D eigenvalue weighted by Gasteiger charge is -2.18. The van der Waals surface area contributed by atoms with E-state index in [2.05, 4.69) is 4.98 Å². The van der Waals surface area contributed by atoms with Gasteiger partial charge >= 0.3 is 0 Å². The zero-order valence-corrected chi connectivity index (χ0v) is 17.8. The summed E-state index contributed by atoms with van der Waals surface area (Å²) in [5, 5.41) is 2.81. The number of aromatic nitrogens is 1. The van der Waals surface area contributed by atoms with E-state index >= 15 is 0 Å². The van der Waals surface area contributed by atoms with E-state index in [1.54, 1.807) is 41.8 Å². The molecule has 2 aromatic carbocycles. The fourth-order valence-corrected chi connectivity index (χ4v) is 3.79. The van der Waals surface area contributed by atoms with Gasteiger partial charge in [0.05, 0.1) is 24.1 Å². The Balaban J connectivity index is 1.84. The van der Waals surface area contributed by atoms with Crippen molar-refractivity contribution in [2.24, 2.45) is 0 Å². The normalized spacial score (nSPS) is 10.9. The highest BCUT2D eigenvalue weighted by atomic mass is 35.5. The second-order valence-electron chi connectivity index (χ2n) is 6.29. The molecule has 0 atom stereocenters. The van der Waals surface area contributed by atoms with Crippen LogP contribution in [0.5, 0.6) is 5.75 Å². The van der Waals surface area contributed by atoms with Gasteiger partial charge < -0.3 is 4.74 Å². The van der Waals surface area contributed by atoms with Crippen LogP contribution < -0.4 is 9.64 Å². The fourth-order valence-electron chi connectivity index (χ4n) is 2.75. The van der Waals surface area contributed by atoms with E-state index in [9.17, 15) is 9.59 Å². The number of hydrogen-bond acceptors (Lipinski definition) is 5. The van der Waals surface area contributed by atoms with Gasteiger partial charge in [-0.3, -0.25) is 14.5 Å². The molecule has 0 unspecified atom stereocenters. The molecule has 1 aromatic heterocycles. The number of aryl methyl sites for hydroxylation is 1. The van der Waals surface area contributed by atoms with Crippen molar-refractivity contribution in [3.63, 3.8) is 0 Å². The number of rotatable bonds is 6. The van der Waals surface area contributed by atoms with Crippen molar-refractivity contribution < 1.29 is 14.3 Å². The van der Waals surface area contributed by atoms with E-state index in [1.807, 2.05) is 19.1 Å². The number of ether oxygens (including phenoxy) is 1. The van der Waals surface area contributed by atoms with Crippen LogP contribution in [-0.4, -0.2) is 23.8 Å². The summed E-state index contributed by atoms with van der Waals surface area (Å²) >= 11 is 7.36. The second kappa shape index (κ2) is 9.03. The quantitative estimate of drug-likeness (QED) is 0.375. The SMILES string of the molecule is COc1cc(C)ccc1C(=O)/C=C/c1csc(N(C(C)=O)c2cccc(Cl)c2)n1.